The van der Waals surface area contributed by atoms with E-state index in [1.807, 2.05) is 12.1 Å². The fourth-order valence-electron chi connectivity index (χ4n) is 1.83. The minimum absolute atomic E-state index is 0.199. The first kappa shape index (κ1) is 14.0. The number of methoxy groups -OCH3 is 1. The summed E-state index contributed by atoms with van der Waals surface area (Å²) in [5.74, 6) is 0.324. The van der Waals surface area contributed by atoms with E-state index in [1.54, 1.807) is 19.2 Å². The molecule has 1 rings (SSSR count). The zero-order valence-electron chi connectivity index (χ0n) is 11.0. The summed E-state index contributed by atoms with van der Waals surface area (Å²) in [5.41, 5.74) is 1.45. The van der Waals surface area contributed by atoms with Crippen LogP contribution in [0.4, 0.5) is 0 Å². The lowest BCUT2D eigenvalue weighted by atomic mass is 9.85. The van der Waals surface area contributed by atoms with E-state index in [-0.39, 0.29) is 5.41 Å². The Kier molecular flexibility index (Phi) is 5.45. The number of benzene rings is 1. The van der Waals surface area contributed by atoms with Gasteiger partial charge in [-0.1, -0.05) is 26.0 Å². The average Bonchev–Trinajstić information content (AvgIpc) is 2.27. The standard InChI is InChI=1S/C14H23NO2/c1-14(2,11-15-8-9-17-3)10-12-4-6-13(16)7-5-12/h4-7,15-16H,8-11H2,1-3H3. The molecule has 0 atom stereocenters. The summed E-state index contributed by atoms with van der Waals surface area (Å²) in [6.45, 7) is 7.06. The Balaban J connectivity index is 2.40. The first-order valence-electron chi connectivity index (χ1n) is 6.01. The molecule has 0 bridgehead atoms. The summed E-state index contributed by atoms with van der Waals surface area (Å²) in [7, 11) is 1.71. The van der Waals surface area contributed by atoms with Gasteiger partial charge in [-0.05, 0) is 29.5 Å². The maximum atomic E-state index is 9.23. The first-order valence-corrected chi connectivity index (χ1v) is 6.01. The second kappa shape index (κ2) is 6.62. The van der Waals surface area contributed by atoms with Crippen LogP contribution in [-0.2, 0) is 11.2 Å². The number of hydrogen-bond acceptors (Lipinski definition) is 3. The topological polar surface area (TPSA) is 41.5 Å². The molecular formula is C14H23NO2. The van der Waals surface area contributed by atoms with Crippen molar-refractivity contribution in [1.82, 2.24) is 5.32 Å². The predicted molar refractivity (Wildman–Crippen MR) is 70.3 cm³/mol. The summed E-state index contributed by atoms with van der Waals surface area (Å²) in [6, 6.07) is 7.44. The molecule has 0 radical (unpaired) electrons. The van der Waals surface area contributed by atoms with Crippen molar-refractivity contribution in [3.8, 4) is 5.75 Å². The number of phenolic OH excluding ortho intramolecular Hbond substituents is 1. The van der Waals surface area contributed by atoms with Crippen LogP contribution >= 0.6 is 0 Å². The number of rotatable bonds is 7. The summed E-state index contributed by atoms with van der Waals surface area (Å²) in [5, 5.41) is 12.6. The Bertz CT molecular complexity index is 319. The fraction of sp³-hybridized carbons (Fsp3) is 0.571. The van der Waals surface area contributed by atoms with E-state index in [0.717, 1.165) is 26.1 Å². The van der Waals surface area contributed by atoms with Crippen LogP contribution in [0, 0.1) is 5.41 Å². The number of ether oxygens (including phenoxy) is 1. The third kappa shape index (κ3) is 5.71. The highest BCUT2D eigenvalue weighted by Crippen LogP contribution is 2.22. The van der Waals surface area contributed by atoms with Crippen LogP contribution in [0.15, 0.2) is 24.3 Å². The zero-order chi connectivity index (χ0) is 12.7. The Hall–Kier alpha value is -1.06. The van der Waals surface area contributed by atoms with Crippen molar-refractivity contribution >= 4 is 0 Å². The van der Waals surface area contributed by atoms with Crippen molar-refractivity contribution in [3.63, 3.8) is 0 Å². The Morgan fingerprint density at radius 1 is 1.24 bits per heavy atom. The molecule has 0 spiro atoms. The quantitative estimate of drug-likeness (QED) is 0.714. The molecule has 0 saturated heterocycles. The van der Waals surface area contributed by atoms with Crippen molar-refractivity contribution < 1.29 is 9.84 Å². The van der Waals surface area contributed by atoms with E-state index in [1.165, 1.54) is 5.56 Å². The summed E-state index contributed by atoms with van der Waals surface area (Å²) in [6.07, 6.45) is 0.993. The Morgan fingerprint density at radius 3 is 2.47 bits per heavy atom. The van der Waals surface area contributed by atoms with E-state index in [9.17, 15) is 5.11 Å². The summed E-state index contributed by atoms with van der Waals surface area (Å²) in [4.78, 5) is 0. The van der Waals surface area contributed by atoms with Gasteiger partial charge in [0.15, 0.2) is 0 Å². The van der Waals surface area contributed by atoms with Crippen LogP contribution in [0.2, 0.25) is 0 Å². The third-order valence-electron chi connectivity index (χ3n) is 2.71. The molecule has 3 nitrogen and oxygen atoms in total. The van der Waals surface area contributed by atoms with Gasteiger partial charge in [-0.3, -0.25) is 0 Å². The second-order valence-electron chi connectivity index (χ2n) is 5.18. The summed E-state index contributed by atoms with van der Waals surface area (Å²) >= 11 is 0. The lowest BCUT2D eigenvalue weighted by Crippen LogP contribution is -2.33. The van der Waals surface area contributed by atoms with Crippen LogP contribution in [0.5, 0.6) is 5.75 Å². The van der Waals surface area contributed by atoms with Gasteiger partial charge in [0.05, 0.1) is 6.61 Å². The van der Waals surface area contributed by atoms with Crippen LogP contribution < -0.4 is 5.32 Å². The average molecular weight is 237 g/mol. The van der Waals surface area contributed by atoms with Crippen molar-refractivity contribution in [2.45, 2.75) is 20.3 Å². The molecule has 0 amide bonds. The van der Waals surface area contributed by atoms with E-state index in [0.29, 0.717) is 5.75 Å². The van der Waals surface area contributed by atoms with Gasteiger partial charge < -0.3 is 15.2 Å². The van der Waals surface area contributed by atoms with Crippen molar-refractivity contribution in [2.24, 2.45) is 5.41 Å². The molecular weight excluding hydrogens is 214 g/mol. The van der Waals surface area contributed by atoms with Gasteiger partial charge in [0.2, 0.25) is 0 Å². The van der Waals surface area contributed by atoms with Gasteiger partial charge in [-0.25, -0.2) is 0 Å². The highest BCUT2D eigenvalue weighted by Gasteiger charge is 2.17. The number of nitrogens with one attached hydrogen (secondary N) is 1. The highest BCUT2D eigenvalue weighted by molar-refractivity contribution is 5.26. The maximum absolute atomic E-state index is 9.23. The lowest BCUT2D eigenvalue weighted by molar-refractivity contribution is 0.194. The van der Waals surface area contributed by atoms with E-state index < -0.39 is 0 Å². The third-order valence-corrected chi connectivity index (χ3v) is 2.71. The van der Waals surface area contributed by atoms with Crippen molar-refractivity contribution in [2.75, 3.05) is 26.8 Å². The molecule has 0 unspecified atom stereocenters. The van der Waals surface area contributed by atoms with E-state index in [4.69, 9.17) is 4.74 Å². The molecule has 2 N–H and O–H groups in total. The van der Waals surface area contributed by atoms with E-state index in [2.05, 4.69) is 19.2 Å². The molecule has 17 heavy (non-hydrogen) atoms. The molecule has 0 saturated carbocycles. The monoisotopic (exact) mass is 237 g/mol. The van der Waals surface area contributed by atoms with Gasteiger partial charge in [0.1, 0.15) is 5.75 Å². The van der Waals surface area contributed by atoms with Crippen molar-refractivity contribution in [1.29, 1.82) is 0 Å². The number of aromatic hydroxyl groups is 1. The van der Waals surface area contributed by atoms with Crippen LogP contribution in [0.25, 0.3) is 0 Å². The normalized spacial score (nSPS) is 11.7. The second-order valence-corrected chi connectivity index (χ2v) is 5.18. The van der Waals surface area contributed by atoms with Crippen LogP contribution in [0.3, 0.4) is 0 Å². The largest absolute Gasteiger partial charge is 0.508 e. The zero-order valence-corrected chi connectivity index (χ0v) is 11.0. The molecule has 0 aliphatic heterocycles. The van der Waals surface area contributed by atoms with Gasteiger partial charge in [0.25, 0.3) is 0 Å². The highest BCUT2D eigenvalue weighted by atomic mass is 16.5. The molecule has 0 fully saturated rings. The molecule has 0 aliphatic rings. The van der Waals surface area contributed by atoms with Crippen LogP contribution in [0.1, 0.15) is 19.4 Å². The van der Waals surface area contributed by atoms with Crippen molar-refractivity contribution in [3.05, 3.63) is 29.8 Å². The molecule has 0 heterocycles. The lowest BCUT2D eigenvalue weighted by Gasteiger charge is -2.25. The van der Waals surface area contributed by atoms with Gasteiger partial charge >= 0.3 is 0 Å². The fourth-order valence-corrected chi connectivity index (χ4v) is 1.83. The SMILES string of the molecule is COCCNCC(C)(C)Cc1ccc(O)cc1. The minimum atomic E-state index is 0.199. The molecule has 3 heteroatoms. The van der Waals surface area contributed by atoms with Gasteiger partial charge in [-0.2, -0.15) is 0 Å². The Labute approximate surface area is 104 Å². The molecule has 0 aromatic heterocycles. The smallest absolute Gasteiger partial charge is 0.115 e. The molecule has 96 valence electrons. The van der Waals surface area contributed by atoms with Gasteiger partial charge in [-0.15, -0.1) is 0 Å². The Morgan fingerprint density at radius 2 is 1.88 bits per heavy atom. The summed E-state index contributed by atoms with van der Waals surface area (Å²) < 4.78 is 5.00. The van der Waals surface area contributed by atoms with Gasteiger partial charge in [0, 0.05) is 20.2 Å². The minimum Gasteiger partial charge on any atom is -0.508 e. The first-order chi connectivity index (χ1) is 8.03. The van der Waals surface area contributed by atoms with E-state index >= 15 is 0 Å². The maximum Gasteiger partial charge on any atom is 0.115 e. The number of phenols is 1. The molecule has 0 aliphatic carbocycles. The predicted octanol–water partition coefficient (Wildman–Crippen LogP) is 2.20. The van der Waals surface area contributed by atoms with Crippen LogP contribution in [-0.4, -0.2) is 31.9 Å². The molecule has 1 aromatic rings. The number of hydrogen-bond donors (Lipinski definition) is 2. The molecule has 1 aromatic carbocycles.